The van der Waals surface area contributed by atoms with E-state index in [1.165, 1.54) is 0 Å². The van der Waals surface area contributed by atoms with Crippen molar-refractivity contribution in [2.24, 2.45) is 7.05 Å². The zero-order valence-corrected chi connectivity index (χ0v) is 11.4. The Hall–Kier alpha value is -2.63. The summed E-state index contributed by atoms with van der Waals surface area (Å²) in [5, 5.41) is 3.05. The molecule has 0 aliphatic heterocycles. The third-order valence-corrected chi connectivity index (χ3v) is 3.24. The van der Waals surface area contributed by atoms with Crippen molar-refractivity contribution >= 4 is 22.5 Å². The summed E-state index contributed by atoms with van der Waals surface area (Å²) in [6, 6.07) is 5.78. The lowest BCUT2D eigenvalue weighted by molar-refractivity contribution is 0.720. The minimum Gasteiger partial charge on any atom is -0.336 e. The van der Waals surface area contributed by atoms with Crippen LogP contribution in [-0.2, 0) is 13.6 Å². The number of hydrogen-bond donors (Lipinski definition) is 1. The van der Waals surface area contributed by atoms with E-state index in [0.717, 1.165) is 16.7 Å². The number of aryl methyl sites for hydroxylation is 2. The van der Waals surface area contributed by atoms with Gasteiger partial charge >= 0.3 is 0 Å². The van der Waals surface area contributed by atoms with Crippen LogP contribution in [0.25, 0.3) is 11.0 Å². The summed E-state index contributed by atoms with van der Waals surface area (Å²) in [4.78, 5) is 20.5. The molecule has 2 aromatic heterocycles. The van der Waals surface area contributed by atoms with Crippen molar-refractivity contribution < 1.29 is 0 Å². The topological polar surface area (TPSA) is 64.7 Å². The molecule has 0 radical (unpaired) electrons. The van der Waals surface area contributed by atoms with E-state index in [-0.39, 0.29) is 5.56 Å². The second-order valence-corrected chi connectivity index (χ2v) is 4.55. The molecule has 0 aliphatic rings. The molecule has 6 nitrogen and oxygen atoms in total. The molecular weight excluding hydrogens is 254 g/mol. The molecule has 0 aliphatic carbocycles. The molecule has 0 atom stereocenters. The van der Waals surface area contributed by atoms with Gasteiger partial charge in [-0.05, 0) is 25.1 Å². The summed E-state index contributed by atoms with van der Waals surface area (Å²) in [6.45, 7) is 2.54. The Morgan fingerprint density at radius 3 is 2.95 bits per heavy atom. The van der Waals surface area contributed by atoms with Gasteiger partial charge in [-0.3, -0.25) is 4.79 Å². The first-order valence-electron chi connectivity index (χ1n) is 6.42. The highest BCUT2D eigenvalue weighted by molar-refractivity contribution is 5.80. The van der Waals surface area contributed by atoms with E-state index >= 15 is 0 Å². The fourth-order valence-corrected chi connectivity index (χ4v) is 2.13. The lowest BCUT2D eigenvalue weighted by atomic mass is 10.2. The van der Waals surface area contributed by atoms with Crippen molar-refractivity contribution in [3.63, 3.8) is 0 Å². The standard InChI is InChI=1S/C14H15N5O/c1-3-19-7-6-15-13(14(19)20)17-10-4-5-12-11(8-10)16-9-18(12)2/h4-9H,3H2,1-2H3,(H,15,17). The van der Waals surface area contributed by atoms with Gasteiger partial charge in [0.1, 0.15) is 0 Å². The molecule has 102 valence electrons. The molecule has 2 heterocycles. The van der Waals surface area contributed by atoms with Crippen molar-refractivity contribution in [3.8, 4) is 0 Å². The third kappa shape index (κ3) is 2.05. The monoisotopic (exact) mass is 269 g/mol. The number of aromatic nitrogens is 4. The van der Waals surface area contributed by atoms with Crippen LogP contribution in [0.2, 0.25) is 0 Å². The predicted octanol–water partition coefficient (Wildman–Crippen LogP) is 1.89. The maximum absolute atomic E-state index is 12.1. The molecule has 1 N–H and O–H groups in total. The average molecular weight is 269 g/mol. The minimum atomic E-state index is -0.129. The van der Waals surface area contributed by atoms with Gasteiger partial charge in [-0.25, -0.2) is 9.97 Å². The van der Waals surface area contributed by atoms with Crippen molar-refractivity contribution in [1.82, 2.24) is 19.1 Å². The highest BCUT2D eigenvalue weighted by Gasteiger charge is 2.06. The van der Waals surface area contributed by atoms with Crippen LogP contribution >= 0.6 is 0 Å². The molecule has 0 fully saturated rings. The molecule has 0 spiro atoms. The number of imidazole rings is 1. The fraction of sp³-hybridized carbons (Fsp3) is 0.214. The number of rotatable bonds is 3. The molecular formula is C14H15N5O. The molecule has 6 heteroatoms. The maximum Gasteiger partial charge on any atom is 0.293 e. The fourth-order valence-electron chi connectivity index (χ4n) is 2.13. The van der Waals surface area contributed by atoms with E-state index in [1.54, 1.807) is 23.3 Å². The van der Waals surface area contributed by atoms with Gasteiger partial charge < -0.3 is 14.5 Å². The molecule has 20 heavy (non-hydrogen) atoms. The highest BCUT2D eigenvalue weighted by Crippen LogP contribution is 2.19. The lowest BCUT2D eigenvalue weighted by Crippen LogP contribution is -2.22. The average Bonchev–Trinajstić information content (AvgIpc) is 2.82. The first-order chi connectivity index (χ1) is 9.69. The van der Waals surface area contributed by atoms with Crippen LogP contribution in [-0.4, -0.2) is 19.1 Å². The van der Waals surface area contributed by atoms with Gasteiger partial charge in [0.25, 0.3) is 5.56 Å². The summed E-state index contributed by atoms with van der Waals surface area (Å²) in [5.41, 5.74) is 2.59. The summed E-state index contributed by atoms with van der Waals surface area (Å²) < 4.78 is 3.55. The van der Waals surface area contributed by atoms with E-state index < -0.39 is 0 Å². The van der Waals surface area contributed by atoms with Crippen LogP contribution in [0, 0.1) is 0 Å². The highest BCUT2D eigenvalue weighted by atomic mass is 16.1. The Labute approximate surface area is 115 Å². The van der Waals surface area contributed by atoms with E-state index in [0.29, 0.717) is 12.4 Å². The molecule has 0 bridgehead atoms. The van der Waals surface area contributed by atoms with Crippen LogP contribution in [0.1, 0.15) is 6.92 Å². The number of benzene rings is 1. The van der Waals surface area contributed by atoms with Crippen LogP contribution in [0.5, 0.6) is 0 Å². The van der Waals surface area contributed by atoms with Crippen molar-refractivity contribution in [2.75, 3.05) is 5.32 Å². The lowest BCUT2D eigenvalue weighted by Gasteiger charge is -2.07. The van der Waals surface area contributed by atoms with Gasteiger partial charge in [0, 0.05) is 31.7 Å². The third-order valence-electron chi connectivity index (χ3n) is 3.24. The SMILES string of the molecule is CCn1ccnc(Nc2ccc3c(c2)ncn3C)c1=O. The van der Waals surface area contributed by atoms with E-state index in [4.69, 9.17) is 0 Å². The largest absolute Gasteiger partial charge is 0.336 e. The van der Waals surface area contributed by atoms with Gasteiger partial charge in [0.2, 0.25) is 0 Å². The summed E-state index contributed by atoms with van der Waals surface area (Å²) in [5.74, 6) is 0.324. The second kappa shape index (κ2) is 4.80. The van der Waals surface area contributed by atoms with Crippen molar-refractivity contribution in [3.05, 3.63) is 47.3 Å². The Kier molecular flexibility index (Phi) is 2.98. The Bertz CT molecular complexity index is 818. The number of anilines is 2. The Morgan fingerprint density at radius 2 is 2.15 bits per heavy atom. The summed E-state index contributed by atoms with van der Waals surface area (Å²) >= 11 is 0. The first-order valence-corrected chi connectivity index (χ1v) is 6.42. The number of hydrogen-bond acceptors (Lipinski definition) is 4. The van der Waals surface area contributed by atoms with Gasteiger partial charge in [-0.15, -0.1) is 0 Å². The number of fused-ring (bicyclic) bond motifs is 1. The molecule has 1 aromatic carbocycles. The summed E-state index contributed by atoms with van der Waals surface area (Å²) in [6.07, 6.45) is 5.06. The quantitative estimate of drug-likeness (QED) is 0.788. The zero-order chi connectivity index (χ0) is 14.1. The minimum absolute atomic E-state index is 0.129. The Morgan fingerprint density at radius 1 is 1.30 bits per heavy atom. The van der Waals surface area contributed by atoms with E-state index in [9.17, 15) is 4.79 Å². The molecule has 0 saturated carbocycles. The molecule has 3 aromatic rings. The van der Waals surface area contributed by atoms with Gasteiger partial charge in [0.15, 0.2) is 5.82 Å². The van der Waals surface area contributed by atoms with Crippen LogP contribution < -0.4 is 10.9 Å². The van der Waals surface area contributed by atoms with Crippen LogP contribution in [0.3, 0.4) is 0 Å². The smallest absolute Gasteiger partial charge is 0.293 e. The van der Waals surface area contributed by atoms with Gasteiger partial charge in [-0.2, -0.15) is 0 Å². The summed E-state index contributed by atoms with van der Waals surface area (Å²) in [7, 11) is 1.95. The Balaban J connectivity index is 1.99. The molecule has 0 saturated heterocycles. The predicted molar refractivity (Wildman–Crippen MR) is 78.2 cm³/mol. The molecule has 3 rings (SSSR count). The molecule has 0 unspecified atom stereocenters. The maximum atomic E-state index is 12.1. The van der Waals surface area contributed by atoms with E-state index in [2.05, 4.69) is 15.3 Å². The number of nitrogens with one attached hydrogen (secondary N) is 1. The zero-order valence-electron chi connectivity index (χ0n) is 11.4. The normalized spacial score (nSPS) is 10.9. The van der Waals surface area contributed by atoms with Gasteiger partial charge in [0.05, 0.1) is 17.4 Å². The van der Waals surface area contributed by atoms with Crippen LogP contribution in [0.15, 0.2) is 41.7 Å². The second-order valence-electron chi connectivity index (χ2n) is 4.55. The van der Waals surface area contributed by atoms with Crippen molar-refractivity contribution in [2.45, 2.75) is 13.5 Å². The number of nitrogens with zero attached hydrogens (tertiary/aromatic N) is 4. The molecule has 0 amide bonds. The van der Waals surface area contributed by atoms with Crippen LogP contribution in [0.4, 0.5) is 11.5 Å². The van der Waals surface area contributed by atoms with E-state index in [1.807, 2.05) is 36.7 Å². The van der Waals surface area contributed by atoms with Crippen molar-refractivity contribution in [1.29, 1.82) is 0 Å². The first kappa shape index (κ1) is 12.4. The van der Waals surface area contributed by atoms with Gasteiger partial charge in [-0.1, -0.05) is 0 Å².